The molecule has 0 amide bonds. The molecule has 1 rings (SSSR count). The Kier molecular flexibility index (Phi) is 4.56. The van der Waals surface area contributed by atoms with Crippen LogP contribution in [0.4, 0.5) is 0 Å². The molecule has 1 atom stereocenters. The van der Waals surface area contributed by atoms with Gasteiger partial charge in [0.25, 0.3) is 0 Å². The highest BCUT2D eigenvalue weighted by Crippen LogP contribution is 2.19. The third kappa shape index (κ3) is 3.51. The smallest absolute Gasteiger partial charge is 0.142 e. The van der Waals surface area contributed by atoms with Crippen molar-refractivity contribution in [3.63, 3.8) is 0 Å². The van der Waals surface area contributed by atoms with Crippen LogP contribution in [0.2, 0.25) is 0 Å². The maximum atomic E-state index is 5.86. The number of rotatable bonds is 5. The highest BCUT2D eigenvalue weighted by atomic mass is 16.5. The van der Waals surface area contributed by atoms with Crippen LogP contribution in [0.25, 0.3) is 0 Å². The molecule has 0 fully saturated rings. The summed E-state index contributed by atoms with van der Waals surface area (Å²) in [7, 11) is 1.93. The van der Waals surface area contributed by atoms with Crippen LogP contribution in [0.1, 0.15) is 26.3 Å². The summed E-state index contributed by atoms with van der Waals surface area (Å²) in [5.74, 6) is 1.39. The molecule has 0 aliphatic rings. The quantitative estimate of drug-likeness (QED) is 0.805. The maximum Gasteiger partial charge on any atom is 0.142 e. The number of ether oxygens (including phenoxy) is 1. The SMILES string of the molecule is CNCc1ccncc1OC(C)C(C)C. The van der Waals surface area contributed by atoms with E-state index in [-0.39, 0.29) is 6.10 Å². The van der Waals surface area contributed by atoms with Crippen LogP contribution in [0.15, 0.2) is 18.5 Å². The lowest BCUT2D eigenvalue weighted by Gasteiger charge is -2.19. The fraction of sp³-hybridized carbons (Fsp3) is 0.583. The number of nitrogens with zero attached hydrogens (tertiary/aromatic N) is 1. The van der Waals surface area contributed by atoms with Gasteiger partial charge in [-0.2, -0.15) is 0 Å². The first kappa shape index (κ1) is 12.0. The predicted octanol–water partition coefficient (Wildman–Crippen LogP) is 2.22. The van der Waals surface area contributed by atoms with E-state index in [9.17, 15) is 0 Å². The molecule has 1 unspecified atom stereocenters. The highest BCUT2D eigenvalue weighted by molar-refractivity contribution is 5.29. The molecule has 0 radical (unpaired) electrons. The molecule has 0 saturated carbocycles. The molecule has 1 N–H and O–H groups in total. The number of pyridine rings is 1. The van der Waals surface area contributed by atoms with Crippen molar-refractivity contribution in [2.45, 2.75) is 33.4 Å². The Morgan fingerprint density at radius 2 is 2.13 bits per heavy atom. The lowest BCUT2D eigenvalue weighted by molar-refractivity contribution is 0.168. The number of hydrogen-bond acceptors (Lipinski definition) is 3. The average Bonchev–Trinajstić information content (AvgIpc) is 2.21. The van der Waals surface area contributed by atoms with Gasteiger partial charge in [-0.25, -0.2) is 0 Å². The minimum absolute atomic E-state index is 0.213. The molecule has 0 aliphatic heterocycles. The summed E-state index contributed by atoms with van der Waals surface area (Å²) in [6.45, 7) is 7.20. The van der Waals surface area contributed by atoms with E-state index in [0.29, 0.717) is 5.92 Å². The van der Waals surface area contributed by atoms with Crippen LogP contribution in [-0.2, 0) is 6.54 Å². The molecule has 0 aliphatic carbocycles. The van der Waals surface area contributed by atoms with Gasteiger partial charge < -0.3 is 10.1 Å². The summed E-state index contributed by atoms with van der Waals surface area (Å²) in [6, 6.07) is 1.98. The third-order valence-electron chi connectivity index (χ3n) is 2.49. The van der Waals surface area contributed by atoms with Crippen molar-refractivity contribution in [2.24, 2.45) is 5.92 Å². The molecule has 3 heteroatoms. The zero-order valence-corrected chi connectivity index (χ0v) is 9.95. The Bertz CT molecular complexity index is 299. The van der Waals surface area contributed by atoms with Gasteiger partial charge in [0.05, 0.1) is 12.3 Å². The lowest BCUT2D eigenvalue weighted by atomic mass is 10.1. The molecule has 1 aromatic rings. The molecule has 0 bridgehead atoms. The molecular weight excluding hydrogens is 188 g/mol. The first-order chi connectivity index (χ1) is 7.15. The Hall–Kier alpha value is -1.09. The van der Waals surface area contributed by atoms with Gasteiger partial charge in [0.1, 0.15) is 5.75 Å². The largest absolute Gasteiger partial charge is 0.488 e. The summed E-state index contributed by atoms with van der Waals surface area (Å²) in [5, 5.41) is 3.12. The molecular formula is C12H20N2O. The molecule has 0 aromatic carbocycles. The van der Waals surface area contributed by atoms with E-state index in [1.54, 1.807) is 12.4 Å². The zero-order valence-electron chi connectivity index (χ0n) is 9.95. The summed E-state index contributed by atoms with van der Waals surface area (Å²) < 4.78 is 5.86. The minimum atomic E-state index is 0.213. The van der Waals surface area contributed by atoms with E-state index in [0.717, 1.165) is 17.9 Å². The van der Waals surface area contributed by atoms with Gasteiger partial charge in [-0.15, -0.1) is 0 Å². The molecule has 0 spiro atoms. The van der Waals surface area contributed by atoms with E-state index in [4.69, 9.17) is 4.74 Å². The van der Waals surface area contributed by atoms with Crippen LogP contribution in [0.3, 0.4) is 0 Å². The van der Waals surface area contributed by atoms with E-state index < -0.39 is 0 Å². The van der Waals surface area contributed by atoms with Gasteiger partial charge in [-0.05, 0) is 26.0 Å². The second-order valence-corrected chi connectivity index (χ2v) is 4.08. The molecule has 15 heavy (non-hydrogen) atoms. The van der Waals surface area contributed by atoms with E-state index in [2.05, 4.69) is 31.1 Å². The summed E-state index contributed by atoms with van der Waals surface area (Å²) in [5.41, 5.74) is 1.15. The Morgan fingerprint density at radius 1 is 1.40 bits per heavy atom. The van der Waals surface area contributed by atoms with Crippen molar-refractivity contribution in [3.05, 3.63) is 24.0 Å². The summed E-state index contributed by atoms with van der Waals surface area (Å²) in [4.78, 5) is 4.09. The number of hydrogen-bond donors (Lipinski definition) is 1. The fourth-order valence-corrected chi connectivity index (χ4v) is 1.19. The van der Waals surface area contributed by atoms with Crippen LogP contribution in [-0.4, -0.2) is 18.1 Å². The number of aromatic nitrogens is 1. The van der Waals surface area contributed by atoms with E-state index >= 15 is 0 Å². The van der Waals surface area contributed by atoms with Gasteiger partial charge in [0.15, 0.2) is 0 Å². The fourth-order valence-electron chi connectivity index (χ4n) is 1.19. The number of nitrogens with one attached hydrogen (secondary N) is 1. The van der Waals surface area contributed by atoms with Gasteiger partial charge in [0, 0.05) is 18.3 Å². The van der Waals surface area contributed by atoms with Gasteiger partial charge in [-0.3, -0.25) is 4.98 Å². The summed E-state index contributed by atoms with van der Waals surface area (Å²) >= 11 is 0. The van der Waals surface area contributed by atoms with E-state index in [1.807, 2.05) is 13.1 Å². The second kappa shape index (κ2) is 5.71. The maximum absolute atomic E-state index is 5.86. The van der Waals surface area contributed by atoms with Gasteiger partial charge in [-0.1, -0.05) is 13.8 Å². The van der Waals surface area contributed by atoms with Gasteiger partial charge >= 0.3 is 0 Å². The second-order valence-electron chi connectivity index (χ2n) is 4.08. The molecule has 84 valence electrons. The molecule has 1 aromatic heterocycles. The van der Waals surface area contributed by atoms with Crippen LogP contribution < -0.4 is 10.1 Å². The minimum Gasteiger partial charge on any atom is -0.488 e. The van der Waals surface area contributed by atoms with E-state index in [1.165, 1.54) is 0 Å². The van der Waals surface area contributed by atoms with Crippen LogP contribution in [0.5, 0.6) is 5.75 Å². The Morgan fingerprint density at radius 3 is 2.73 bits per heavy atom. The lowest BCUT2D eigenvalue weighted by Crippen LogP contribution is -2.20. The topological polar surface area (TPSA) is 34.2 Å². The average molecular weight is 208 g/mol. The predicted molar refractivity (Wildman–Crippen MR) is 61.9 cm³/mol. The first-order valence-corrected chi connectivity index (χ1v) is 5.39. The van der Waals surface area contributed by atoms with Crippen LogP contribution in [0, 0.1) is 5.92 Å². The standard InChI is InChI=1S/C12H20N2O/c1-9(2)10(3)15-12-8-14-6-5-11(12)7-13-4/h5-6,8-10,13H,7H2,1-4H3. The third-order valence-corrected chi connectivity index (χ3v) is 2.49. The molecule has 3 nitrogen and oxygen atoms in total. The normalized spacial score (nSPS) is 12.9. The summed E-state index contributed by atoms with van der Waals surface area (Å²) in [6.07, 6.45) is 3.79. The Balaban J connectivity index is 2.74. The first-order valence-electron chi connectivity index (χ1n) is 5.39. The monoisotopic (exact) mass is 208 g/mol. The van der Waals surface area contributed by atoms with Crippen LogP contribution >= 0.6 is 0 Å². The van der Waals surface area contributed by atoms with Crippen molar-refractivity contribution in [2.75, 3.05) is 7.05 Å². The molecule has 0 saturated heterocycles. The highest BCUT2D eigenvalue weighted by Gasteiger charge is 2.11. The van der Waals surface area contributed by atoms with Crippen molar-refractivity contribution in [1.82, 2.24) is 10.3 Å². The zero-order chi connectivity index (χ0) is 11.3. The van der Waals surface area contributed by atoms with Crippen molar-refractivity contribution in [1.29, 1.82) is 0 Å². The van der Waals surface area contributed by atoms with Gasteiger partial charge in [0.2, 0.25) is 0 Å². The van der Waals surface area contributed by atoms with Crippen molar-refractivity contribution >= 4 is 0 Å². The van der Waals surface area contributed by atoms with Crippen molar-refractivity contribution in [3.8, 4) is 5.75 Å². The Labute approximate surface area is 91.9 Å². The van der Waals surface area contributed by atoms with Crippen molar-refractivity contribution < 1.29 is 4.74 Å². The molecule has 1 heterocycles.